The molecule has 5 aromatic carbocycles. The molecule has 2 aliphatic carbocycles. The van der Waals surface area contributed by atoms with E-state index in [1.807, 2.05) is 0 Å². The summed E-state index contributed by atoms with van der Waals surface area (Å²) in [4.78, 5) is 5.31. The molecule has 0 radical (unpaired) electrons. The molecule has 0 bridgehead atoms. The topological polar surface area (TPSA) is 19.6 Å². The van der Waals surface area contributed by atoms with E-state index in [1.165, 1.54) is 101 Å². The summed E-state index contributed by atoms with van der Waals surface area (Å²) in [6, 6.07) is 32.5. The minimum atomic E-state index is -0.131. The molecule has 356 valence electrons. The third kappa shape index (κ3) is 7.25. The van der Waals surface area contributed by atoms with Crippen LogP contribution in [0.3, 0.4) is 0 Å². The van der Waals surface area contributed by atoms with Crippen LogP contribution in [0, 0.1) is 0 Å². The Labute approximate surface area is 411 Å². The highest BCUT2D eigenvalue weighted by atomic mass is 16.3. The van der Waals surface area contributed by atoms with Gasteiger partial charge in [-0.25, -0.2) is 0 Å². The van der Waals surface area contributed by atoms with Crippen LogP contribution in [0.5, 0.6) is 0 Å². The highest BCUT2D eigenvalue weighted by molar-refractivity contribution is 7.00. The Morgan fingerprint density at radius 3 is 1.43 bits per heavy atom. The van der Waals surface area contributed by atoms with Crippen molar-refractivity contribution in [2.75, 3.05) is 9.80 Å². The first kappa shape index (κ1) is 47.0. The fraction of sp³-hybridized carbons (Fsp3) is 0.500. The number of rotatable bonds is 2. The van der Waals surface area contributed by atoms with Crippen molar-refractivity contribution in [3.05, 3.63) is 123 Å². The Kier molecular flexibility index (Phi) is 9.99. The summed E-state index contributed by atoms with van der Waals surface area (Å²) in [7, 11) is 0. The fourth-order valence-corrected chi connectivity index (χ4v) is 12.3. The molecule has 0 N–H and O–H groups in total. The summed E-state index contributed by atoms with van der Waals surface area (Å²) in [5.74, 6) is 0. The van der Waals surface area contributed by atoms with E-state index in [4.69, 9.17) is 4.42 Å². The molecule has 4 heteroatoms. The first-order valence-corrected chi connectivity index (χ1v) is 26.0. The largest absolute Gasteiger partial charge is 0.468 e. The van der Waals surface area contributed by atoms with Gasteiger partial charge < -0.3 is 14.2 Å². The highest BCUT2D eigenvalue weighted by Gasteiger charge is 2.49. The lowest BCUT2D eigenvalue weighted by Crippen LogP contribution is -2.61. The lowest BCUT2D eigenvalue weighted by molar-refractivity contribution is 0.332. The summed E-state index contributed by atoms with van der Waals surface area (Å²) in [5, 5.41) is 1.22. The number of furan rings is 1. The van der Waals surface area contributed by atoms with Gasteiger partial charge >= 0.3 is 0 Å². The lowest BCUT2D eigenvalue weighted by atomic mass is 9.35. The first-order valence-electron chi connectivity index (χ1n) is 26.0. The summed E-state index contributed by atoms with van der Waals surface area (Å²) in [5.41, 5.74) is 23.3. The van der Waals surface area contributed by atoms with Crippen LogP contribution in [0.15, 0.2) is 83.3 Å². The van der Waals surface area contributed by atoms with Gasteiger partial charge in [0, 0.05) is 33.8 Å². The fourth-order valence-electron chi connectivity index (χ4n) is 12.3. The second-order valence-electron chi connectivity index (χ2n) is 28.5. The van der Waals surface area contributed by atoms with Gasteiger partial charge in [0.25, 0.3) is 6.71 Å². The molecule has 68 heavy (non-hydrogen) atoms. The average Bonchev–Trinajstić information content (AvgIpc) is 3.60. The zero-order chi connectivity index (χ0) is 49.4. The van der Waals surface area contributed by atoms with E-state index in [0.29, 0.717) is 0 Å². The van der Waals surface area contributed by atoms with Crippen molar-refractivity contribution in [2.45, 2.75) is 207 Å². The molecule has 0 unspecified atom stereocenters. The quantitative estimate of drug-likeness (QED) is 0.161. The third-order valence-electron chi connectivity index (χ3n) is 17.4. The van der Waals surface area contributed by atoms with E-state index in [-0.39, 0.29) is 50.0 Å². The SMILES string of the molecule is CC(C)(C)c1cc(N2c3ccc(C(C)(C)C)cc3B3c4oc5cc6c(cc5c4N(c4ccc5c(c4)C(C)(C)CCC5(C)C)c4cc(C(C)(C)C)cc2c43)C(C)(C)CCC6(C)C)cc(C(C)(C)C)c1. The molecule has 4 aliphatic rings. The van der Waals surface area contributed by atoms with Crippen molar-refractivity contribution in [1.29, 1.82) is 0 Å². The monoisotopic (exact) mass is 905 g/mol. The van der Waals surface area contributed by atoms with Crippen LogP contribution >= 0.6 is 0 Å². The smallest absolute Gasteiger partial charge is 0.297 e. The highest BCUT2D eigenvalue weighted by Crippen LogP contribution is 2.54. The standard InChI is InChI=1S/C64H81BN2O/c1-57(2,3)38-21-24-50-49(32-38)65-54-51(66(50)43-30-39(58(4,5)6)29-40(31-43)59(7,8)9)33-41(60(10,11)12)34-52(54)67(42-22-23-45-46(35-42)62(15,16)26-25-61(45,13)14)55-44-36-47-48(37-53(44)68-56(55)65)64(19,20)28-27-63(47,17)18/h21-24,29-37H,25-28H2,1-20H3. The van der Waals surface area contributed by atoms with Gasteiger partial charge in [0.15, 0.2) is 0 Å². The Morgan fingerprint density at radius 1 is 0.426 bits per heavy atom. The number of nitrogens with zero attached hydrogens (tertiary/aromatic N) is 2. The van der Waals surface area contributed by atoms with Gasteiger partial charge in [-0.05, 0) is 179 Å². The number of fused-ring (bicyclic) bond motifs is 8. The molecule has 6 aromatic rings. The Hall–Kier alpha value is -4.70. The summed E-state index contributed by atoms with van der Waals surface area (Å²) in [6.07, 6.45) is 4.67. The third-order valence-corrected chi connectivity index (χ3v) is 17.4. The number of hydrogen-bond donors (Lipinski definition) is 0. The van der Waals surface area contributed by atoms with E-state index in [2.05, 4.69) is 227 Å². The molecule has 1 aromatic heterocycles. The second-order valence-corrected chi connectivity index (χ2v) is 28.5. The minimum absolute atomic E-state index is 0.0433. The molecule has 0 amide bonds. The van der Waals surface area contributed by atoms with Gasteiger partial charge in [0.05, 0.1) is 11.3 Å². The molecule has 10 rings (SSSR count). The molecule has 0 spiro atoms. The van der Waals surface area contributed by atoms with Gasteiger partial charge in [0.2, 0.25) is 0 Å². The van der Waals surface area contributed by atoms with Gasteiger partial charge in [-0.3, -0.25) is 0 Å². The predicted octanol–water partition coefficient (Wildman–Crippen LogP) is 16.4. The van der Waals surface area contributed by atoms with E-state index in [9.17, 15) is 0 Å². The molecule has 2 aliphatic heterocycles. The lowest BCUT2D eigenvalue weighted by Gasteiger charge is -2.45. The van der Waals surface area contributed by atoms with Crippen LogP contribution in [0.4, 0.5) is 34.1 Å². The number of hydrogen-bond acceptors (Lipinski definition) is 3. The Morgan fingerprint density at radius 2 is 0.897 bits per heavy atom. The molecular formula is C64H81BN2O. The van der Waals surface area contributed by atoms with Crippen LogP contribution in [0.1, 0.15) is 209 Å². The maximum Gasteiger partial charge on any atom is 0.297 e. The minimum Gasteiger partial charge on any atom is -0.468 e. The van der Waals surface area contributed by atoms with Crippen molar-refractivity contribution >= 4 is 68.4 Å². The Balaban J connectivity index is 1.39. The maximum atomic E-state index is 7.69. The predicted molar refractivity (Wildman–Crippen MR) is 296 cm³/mol. The van der Waals surface area contributed by atoms with Crippen LogP contribution in [-0.4, -0.2) is 6.71 Å². The summed E-state index contributed by atoms with van der Waals surface area (Å²) in [6.45, 7) is 47.9. The van der Waals surface area contributed by atoms with Gasteiger partial charge in [-0.15, -0.1) is 0 Å². The van der Waals surface area contributed by atoms with Crippen molar-refractivity contribution in [3.8, 4) is 0 Å². The van der Waals surface area contributed by atoms with Crippen LogP contribution in [0.25, 0.3) is 11.0 Å². The van der Waals surface area contributed by atoms with Gasteiger partial charge in [-0.2, -0.15) is 0 Å². The van der Waals surface area contributed by atoms with E-state index >= 15 is 0 Å². The Bertz CT molecular complexity index is 3040. The molecule has 0 atom stereocenters. The average molecular weight is 905 g/mol. The number of anilines is 6. The van der Waals surface area contributed by atoms with E-state index in [1.54, 1.807) is 0 Å². The molecule has 0 saturated carbocycles. The molecule has 0 fully saturated rings. The first-order chi connectivity index (χ1) is 31.2. The van der Waals surface area contributed by atoms with Crippen LogP contribution in [0.2, 0.25) is 0 Å². The molecule has 3 nitrogen and oxygen atoms in total. The molecule has 0 saturated heterocycles. The van der Waals surface area contributed by atoms with Crippen molar-refractivity contribution < 1.29 is 4.42 Å². The molecular weight excluding hydrogens is 824 g/mol. The zero-order valence-corrected chi connectivity index (χ0v) is 45.7. The van der Waals surface area contributed by atoms with E-state index < -0.39 is 0 Å². The zero-order valence-electron chi connectivity index (χ0n) is 45.7. The summed E-state index contributed by atoms with van der Waals surface area (Å²) < 4.78 is 7.69. The second kappa shape index (κ2) is 14.4. The summed E-state index contributed by atoms with van der Waals surface area (Å²) >= 11 is 0. The van der Waals surface area contributed by atoms with Crippen LogP contribution < -0.4 is 26.4 Å². The van der Waals surface area contributed by atoms with Crippen molar-refractivity contribution in [1.82, 2.24) is 0 Å². The van der Waals surface area contributed by atoms with Gasteiger partial charge in [-0.1, -0.05) is 163 Å². The number of benzene rings is 5. The maximum absolute atomic E-state index is 7.69. The van der Waals surface area contributed by atoms with Crippen molar-refractivity contribution in [2.24, 2.45) is 0 Å². The normalized spacial score (nSPS) is 19.0. The van der Waals surface area contributed by atoms with E-state index in [0.717, 1.165) is 30.5 Å². The molecule has 3 heterocycles. The van der Waals surface area contributed by atoms with Gasteiger partial charge in [0.1, 0.15) is 5.58 Å². The van der Waals surface area contributed by atoms with Crippen LogP contribution in [-0.2, 0) is 43.3 Å². The van der Waals surface area contributed by atoms with Crippen molar-refractivity contribution in [3.63, 3.8) is 0 Å².